The predicted molar refractivity (Wildman–Crippen MR) is 69.9 cm³/mol. The number of hydrogen-bond acceptors (Lipinski definition) is 4. The smallest absolute Gasteiger partial charge is 0.123 e. The van der Waals surface area contributed by atoms with Crippen LogP contribution >= 0.6 is 0 Å². The Labute approximate surface area is 108 Å². The number of benzene rings is 1. The molecule has 0 aromatic heterocycles. The first-order valence-corrected chi connectivity index (χ1v) is 6.51. The molecule has 0 spiro atoms. The molecule has 1 N–H and O–H groups in total. The highest BCUT2D eigenvalue weighted by Crippen LogP contribution is 2.17. The topological polar surface area (TPSA) is 39.7 Å². The van der Waals surface area contributed by atoms with Gasteiger partial charge in [0.25, 0.3) is 0 Å². The molecule has 1 saturated heterocycles. The molecule has 1 aromatic carbocycles. The monoisotopic (exact) mass is 251 g/mol. The van der Waals surface area contributed by atoms with Gasteiger partial charge in [0.1, 0.15) is 18.5 Å². The average Bonchev–Trinajstić information content (AvgIpc) is 2.35. The van der Waals surface area contributed by atoms with Crippen molar-refractivity contribution < 1.29 is 14.2 Å². The van der Waals surface area contributed by atoms with Crippen molar-refractivity contribution in [2.24, 2.45) is 0 Å². The van der Waals surface area contributed by atoms with Crippen LogP contribution in [0, 0.1) is 0 Å². The van der Waals surface area contributed by atoms with E-state index < -0.39 is 0 Å². The van der Waals surface area contributed by atoms with Crippen LogP contribution in [0.1, 0.15) is 12.5 Å². The van der Waals surface area contributed by atoms with E-state index in [4.69, 9.17) is 14.2 Å². The van der Waals surface area contributed by atoms with Crippen LogP contribution < -0.4 is 10.1 Å². The van der Waals surface area contributed by atoms with Crippen molar-refractivity contribution in [1.82, 2.24) is 5.32 Å². The zero-order chi connectivity index (χ0) is 12.6. The average molecular weight is 251 g/mol. The molecule has 1 aromatic rings. The van der Waals surface area contributed by atoms with Gasteiger partial charge < -0.3 is 19.5 Å². The van der Waals surface area contributed by atoms with Gasteiger partial charge in [0.2, 0.25) is 0 Å². The fourth-order valence-electron chi connectivity index (χ4n) is 1.73. The molecule has 2 rings (SSSR count). The highest BCUT2D eigenvalue weighted by atomic mass is 16.6. The number of para-hydroxylation sites is 1. The first kappa shape index (κ1) is 13.3. The van der Waals surface area contributed by atoms with Crippen LogP contribution in [0.5, 0.6) is 5.75 Å². The first-order valence-electron chi connectivity index (χ1n) is 6.51. The second kappa shape index (κ2) is 7.36. The number of nitrogens with one attached hydrogen (secondary N) is 1. The van der Waals surface area contributed by atoms with E-state index in [1.54, 1.807) is 0 Å². The van der Waals surface area contributed by atoms with E-state index in [-0.39, 0.29) is 6.10 Å². The molecule has 1 fully saturated rings. The summed E-state index contributed by atoms with van der Waals surface area (Å²) in [6.07, 6.45) is 0.269. The minimum absolute atomic E-state index is 0.269. The quantitative estimate of drug-likeness (QED) is 0.712. The van der Waals surface area contributed by atoms with E-state index in [0.717, 1.165) is 32.1 Å². The number of rotatable bonds is 8. The number of hydrogen-bond donors (Lipinski definition) is 1. The minimum atomic E-state index is 0.269. The molecule has 0 atom stereocenters. The van der Waals surface area contributed by atoms with E-state index in [0.29, 0.717) is 13.2 Å². The summed E-state index contributed by atoms with van der Waals surface area (Å²) in [4.78, 5) is 0. The molecular weight excluding hydrogens is 230 g/mol. The highest BCUT2D eigenvalue weighted by molar-refractivity contribution is 5.33. The molecular formula is C14H21NO3. The highest BCUT2D eigenvalue weighted by Gasteiger charge is 2.18. The van der Waals surface area contributed by atoms with Gasteiger partial charge in [-0.25, -0.2) is 0 Å². The fraction of sp³-hybridized carbons (Fsp3) is 0.571. The Kier molecular flexibility index (Phi) is 5.45. The number of ether oxygens (including phenoxy) is 3. The molecule has 1 heterocycles. The van der Waals surface area contributed by atoms with Gasteiger partial charge in [0, 0.05) is 12.1 Å². The van der Waals surface area contributed by atoms with Gasteiger partial charge in [0.15, 0.2) is 0 Å². The summed E-state index contributed by atoms with van der Waals surface area (Å²) in [6.45, 7) is 6.53. The Bertz CT molecular complexity index is 353. The second-order valence-corrected chi connectivity index (χ2v) is 4.27. The molecule has 18 heavy (non-hydrogen) atoms. The third-order valence-corrected chi connectivity index (χ3v) is 2.84. The minimum Gasteiger partial charge on any atom is -0.491 e. The molecule has 0 unspecified atom stereocenters. The van der Waals surface area contributed by atoms with Crippen LogP contribution in [0.25, 0.3) is 0 Å². The maximum Gasteiger partial charge on any atom is 0.123 e. The van der Waals surface area contributed by atoms with E-state index in [9.17, 15) is 0 Å². The van der Waals surface area contributed by atoms with Crippen LogP contribution in [0.3, 0.4) is 0 Å². The molecule has 0 amide bonds. The van der Waals surface area contributed by atoms with E-state index in [1.807, 2.05) is 18.2 Å². The Hall–Kier alpha value is -1.10. The van der Waals surface area contributed by atoms with Gasteiger partial charge in [-0.05, 0) is 12.6 Å². The second-order valence-electron chi connectivity index (χ2n) is 4.27. The van der Waals surface area contributed by atoms with Gasteiger partial charge in [-0.15, -0.1) is 0 Å². The van der Waals surface area contributed by atoms with Crippen molar-refractivity contribution in [2.75, 3.05) is 33.0 Å². The lowest BCUT2D eigenvalue weighted by Gasteiger charge is -2.25. The van der Waals surface area contributed by atoms with E-state index >= 15 is 0 Å². The predicted octanol–water partition coefficient (Wildman–Crippen LogP) is 1.59. The normalized spacial score (nSPS) is 15.4. The Morgan fingerprint density at radius 1 is 1.28 bits per heavy atom. The lowest BCUT2D eigenvalue weighted by molar-refractivity contribution is -0.132. The van der Waals surface area contributed by atoms with Crippen LogP contribution in [0.4, 0.5) is 0 Å². The summed E-state index contributed by atoms with van der Waals surface area (Å²) >= 11 is 0. The molecule has 100 valence electrons. The first-order chi connectivity index (χ1) is 8.90. The van der Waals surface area contributed by atoms with Gasteiger partial charge in [-0.2, -0.15) is 0 Å². The largest absolute Gasteiger partial charge is 0.491 e. The summed E-state index contributed by atoms with van der Waals surface area (Å²) in [7, 11) is 0. The Morgan fingerprint density at radius 2 is 2.11 bits per heavy atom. The van der Waals surface area contributed by atoms with Crippen LogP contribution in [-0.2, 0) is 16.0 Å². The summed E-state index contributed by atoms with van der Waals surface area (Å²) in [5.41, 5.74) is 1.19. The maximum atomic E-state index is 5.75. The van der Waals surface area contributed by atoms with Crippen LogP contribution in [-0.4, -0.2) is 39.1 Å². The Balaban J connectivity index is 1.72. The molecule has 4 nitrogen and oxygen atoms in total. The Morgan fingerprint density at radius 3 is 2.83 bits per heavy atom. The third kappa shape index (κ3) is 3.98. The lowest BCUT2D eigenvalue weighted by atomic mass is 10.2. The van der Waals surface area contributed by atoms with Crippen molar-refractivity contribution in [1.29, 1.82) is 0 Å². The van der Waals surface area contributed by atoms with Gasteiger partial charge in [0.05, 0.1) is 19.8 Å². The third-order valence-electron chi connectivity index (χ3n) is 2.84. The standard InChI is InChI=1S/C14H21NO3/c1-2-15-9-12-5-3-4-6-14(12)18-8-7-17-13-10-16-11-13/h3-6,13,15H,2,7-11H2,1H3. The van der Waals surface area contributed by atoms with Gasteiger partial charge >= 0.3 is 0 Å². The summed E-state index contributed by atoms with van der Waals surface area (Å²) in [6, 6.07) is 8.10. The summed E-state index contributed by atoms with van der Waals surface area (Å²) < 4.78 is 16.3. The van der Waals surface area contributed by atoms with Crippen molar-refractivity contribution in [2.45, 2.75) is 19.6 Å². The van der Waals surface area contributed by atoms with Gasteiger partial charge in [-0.3, -0.25) is 0 Å². The van der Waals surface area contributed by atoms with Crippen molar-refractivity contribution >= 4 is 0 Å². The SMILES string of the molecule is CCNCc1ccccc1OCCOC1COC1. The van der Waals surface area contributed by atoms with E-state index in [2.05, 4.69) is 18.3 Å². The zero-order valence-electron chi connectivity index (χ0n) is 10.9. The molecule has 0 bridgehead atoms. The molecule has 0 aliphatic carbocycles. The van der Waals surface area contributed by atoms with E-state index in [1.165, 1.54) is 5.56 Å². The van der Waals surface area contributed by atoms with Crippen LogP contribution in [0.2, 0.25) is 0 Å². The molecule has 0 saturated carbocycles. The van der Waals surface area contributed by atoms with Crippen LogP contribution in [0.15, 0.2) is 24.3 Å². The molecule has 1 aliphatic heterocycles. The van der Waals surface area contributed by atoms with Crippen molar-refractivity contribution in [3.05, 3.63) is 29.8 Å². The van der Waals surface area contributed by atoms with Crippen molar-refractivity contribution in [3.63, 3.8) is 0 Å². The molecule has 1 aliphatic rings. The van der Waals surface area contributed by atoms with Crippen molar-refractivity contribution in [3.8, 4) is 5.75 Å². The lowest BCUT2D eigenvalue weighted by Crippen LogP contribution is -2.37. The fourth-order valence-corrected chi connectivity index (χ4v) is 1.73. The molecule has 0 radical (unpaired) electrons. The summed E-state index contributed by atoms with van der Waals surface area (Å²) in [5, 5.41) is 3.30. The maximum absolute atomic E-state index is 5.75. The summed E-state index contributed by atoms with van der Waals surface area (Å²) in [5.74, 6) is 0.937. The molecule has 4 heteroatoms. The zero-order valence-corrected chi connectivity index (χ0v) is 10.9. The van der Waals surface area contributed by atoms with Gasteiger partial charge in [-0.1, -0.05) is 25.1 Å².